The number of fused-ring (bicyclic) bond motifs is 1. The van der Waals surface area contributed by atoms with Crippen molar-refractivity contribution in [1.29, 1.82) is 0 Å². The van der Waals surface area contributed by atoms with E-state index in [0.717, 1.165) is 45.7 Å². The zero-order chi connectivity index (χ0) is 24.0. The van der Waals surface area contributed by atoms with Crippen LogP contribution in [0, 0.1) is 0 Å². The van der Waals surface area contributed by atoms with Crippen LogP contribution in [0.1, 0.15) is 43.2 Å². The molecule has 2 aliphatic rings. The molecule has 1 N–H and O–H groups in total. The van der Waals surface area contributed by atoms with E-state index in [2.05, 4.69) is 39.0 Å². The van der Waals surface area contributed by atoms with Gasteiger partial charge in [-0.1, -0.05) is 17.4 Å². The Balaban J connectivity index is 1.53. The predicted molar refractivity (Wildman–Crippen MR) is 129 cm³/mol. The first-order valence-corrected chi connectivity index (χ1v) is 12.6. The maximum absolute atomic E-state index is 13.1. The van der Waals surface area contributed by atoms with E-state index >= 15 is 0 Å². The number of alkyl halides is 2. The summed E-state index contributed by atoms with van der Waals surface area (Å²) < 4.78 is 31.6. The Morgan fingerprint density at radius 3 is 2.74 bits per heavy atom. The first-order chi connectivity index (χ1) is 16.2. The zero-order valence-electron chi connectivity index (χ0n) is 19.1. The van der Waals surface area contributed by atoms with E-state index in [1.807, 2.05) is 15.5 Å². The number of rotatable bonds is 6. The van der Waals surface area contributed by atoms with Crippen LogP contribution >= 0.6 is 23.3 Å². The molecule has 1 aliphatic heterocycles. The van der Waals surface area contributed by atoms with Gasteiger partial charge in [-0.15, -0.1) is 10.2 Å². The second-order valence-electron chi connectivity index (χ2n) is 9.04. The molecular weight excluding hydrogens is 480 g/mol. The zero-order valence-corrected chi connectivity index (χ0v) is 20.7. The maximum atomic E-state index is 13.1. The molecule has 0 bridgehead atoms. The van der Waals surface area contributed by atoms with E-state index < -0.39 is 6.43 Å². The molecule has 1 fully saturated rings. The third-order valence-corrected chi connectivity index (χ3v) is 8.04. The average Bonchev–Trinajstić information content (AvgIpc) is 3.20. The molecule has 180 valence electrons. The molecule has 2 amide bonds. The molecule has 1 aliphatic carbocycles. The van der Waals surface area contributed by atoms with Crippen LogP contribution in [-0.2, 0) is 0 Å². The summed E-state index contributed by atoms with van der Waals surface area (Å²) in [4.78, 5) is 21.2. The van der Waals surface area contributed by atoms with E-state index in [1.165, 1.54) is 0 Å². The summed E-state index contributed by atoms with van der Waals surface area (Å²) in [6, 6.07) is 2.12. The summed E-state index contributed by atoms with van der Waals surface area (Å²) in [6.45, 7) is 3.34. The fourth-order valence-electron chi connectivity index (χ4n) is 3.80. The number of carbonyl (C=O) groups excluding carboxylic acids is 1. The number of halogens is 2. The molecule has 0 aromatic carbocycles. The number of hydrogen-bond acceptors (Lipinski definition) is 7. The van der Waals surface area contributed by atoms with Gasteiger partial charge >= 0.3 is 6.03 Å². The Kier molecular flexibility index (Phi) is 6.07. The molecule has 0 saturated heterocycles. The number of aromatic nitrogens is 4. The van der Waals surface area contributed by atoms with Gasteiger partial charge in [-0.05, 0) is 49.8 Å². The molecule has 34 heavy (non-hydrogen) atoms. The first-order valence-electron chi connectivity index (χ1n) is 11.0. The fourth-order valence-corrected chi connectivity index (χ4v) is 5.39. The highest BCUT2D eigenvalue weighted by Crippen LogP contribution is 2.39. The van der Waals surface area contributed by atoms with Crippen molar-refractivity contribution in [3.05, 3.63) is 35.1 Å². The van der Waals surface area contributed by atoms with Gasteiger partial charge in [0.2, 0.25) is 0 Å². The predicted octanol–water partition coefficient (Wildman–Crippen LogP) is 4.71. The summed E-state index contributed by atoms with van der Waals surface area (Å²) in [5, 5.41) is 7.62. The fraction of sp³-hybridized carbons (Fsp3) is 0.455. The van der Waals surface area contributed by atoms with Crippen molar-refractivity contribution in [1.82, 2.24) is 34.1 Å². The lowest BCUT2D eigenvalue weighted by Gasteiger charge is -2.29. The van der Waals surface area contributed by atoms with Crippen molar-refractivity contribution in [2.45, 2.75) is 43.0 Å². The third kappa shape index (κ3) is 4.53. The lowest BCUT2D eigenvalue weighted by molar-refractivity contribution is 0.150. The van der Waals surface area contributed by atoms with Gasteiger partial charge in [-0.3, -0.25) is 9.12 Å². The Bertz CT molecular complexity index is 1270. The second-order valence-corrected chi connectivity index (χ2v) is 10.9. The van der Waals surface area contributed by atoms with Crippen LogP contribution in [0.3, 0.4) is 0 Å². The maximum Gasteiger partial charge on any atom is 0.319 e. The molecule has 3 aromatic rings. The lowest BCUT2D eigenvalue weighted by atomic mass is 9.99. The van der Waals surface area contributed by atoms with E-state index in [1.54, 1.807) is 37.1 Å². The first kappa shape index (κ1) is 23.2. The molecule has 8 nitrogen and oxygen atoms in total. The molecule has 0 radical (unpaired) electrons. The highest BCUT2D eigenvalue weighted by molar-refractivity contribution is 7.97. The molecule has 5 rings (SSSR count). The summed E-state index contributed by atoms with van der Waals surface area (Å²) in [5.41, 5.74) is 3.15. The van der Waals surface area contributed by atoms with Crippen molar-refractivity contribution < 1.29 is 13.6 Å². The second kappa shape index (κ2) is 8.90. The highest BCUT2D eigenvalue weighted by atomic mass is 32.2. The number of nitrogens with zero attached hydrogens (tertiary/aromatic N) is 6. The van der Waals surface area contributed by atoms with Crippen molar-refractivity contribution in [2.75, 3.05) is 27.2 Å². The monoisotopic (exact) mass is 505 g/mol. The van der Waals surface area contributed by atoms with Crippen LogP contribution in [0.4, 0.5) is 13.6 Å². The van der Waals surface area contributed by atoms with Crippen LogP contribution in [-0.4, -0.2) is 68.1 Å². The number of pyridine rings is 1. The lowest BCUT2D eigenvalue weighted by Crippen LogP contribution is -2.41. The quantitative estimate of drug-likeness (QED) is 0.489. The third-order valence-electron chi connectivity index (χ3n) is 6.06. The molecule has 1 saturated carbocycles. The molecule has 4 heterocycles. The van der Waals surface area contributed by atoms with Crippen LogP contribution in [0.2, 0.25) is 0 Å². The average molecular weight is 506 g/mol. The number of hydrogen-bond donors (Lipinski definition) is 1. The van der Waals surface area contributed by atoms with Crippen molar-refractivity contribution in [3.8, 4) is 10.8 Å². The molecule has 0 spiro atoms. The largest absolute Gasteiger partial charge is 0.331 e. The van der Waals surface area contributed by atoms with Gasteiger partial charge in [0.25, 0.3) is 6.43 Å². The van der Waals surface area contributed by atoms with Gasteiger partial charge in [-0.2, -0.15) is 0 Å². The van der Waals surface area contributed by atoms with Gasteiger partial charge < -0.3 is 9.80 Å². The topological polar surface area (TPSA) is 78.7 Å². The van der Waals surface area contributed by atoms with Gasteiger partial charge in [-0.25, -0.2) is 18.6 Å². The summed E-state index contributed by atoms with van der Waals surface area (Å²) in [6.07, 6.45) is 6.10. The van der Waals surface area contributed by atoms with Gasteiger partial charge in [0.15, 0.2) is 15.8 Å². The van der Waals surface area contributed by atoms with Gasteiger partial charge in [0.1, 0.15) is 0 Å². The smallest absolute Gasteiger partial charge is 0.319 e. The van der Waals surface area contributed by atoms with Crippen LogP contribution in [0.25, 0.3) is 21.9 Å². The molecule has 0 atom stereocenters. The standard InChI is InChI=1S/C22H25F2N7OS2/c1-22(6-7-22)28-34-14-10-15(13-4-8-30(9-5-13)21(32)29(2)3)16-11-25-18(31(16)12-14)20-27-26-19(33-20)17(23)24/h4,10-12,17,28H,5-9H2,1-3H3. The highest BCUT2D eigenvalue weighted by Gasteiger charge is 2.37. The molecule has 3 aromatic heterocycles. The summed E-state index contributed by atoms with van der Waals surface area (Å²) in [5.74, 6) is 0.488. The van der Waals surface area contributed by atoms with Gasteiger partial charge in [0, 0.05) is 49.4 Å². The molecule has 12 heteroatoms. The summed E-state index contributed by atoms with van der Waals surface area (Å²) in [7, 11) is 3.50. The van der Waals surface area contributed by atoms with Crippen molar-refractivity contribution in [3.63, 3.8) is 0 Å². The van der Waals surface area contributed by atoms with E-state index in [-0.39, 0.29) is 16.6 Å². The van der Waals surface area contributed by atoms with E-state index in [4.69, 9.17) is 0 Å². The number of carbonyl (C=O) groups is 1. The minimum Gasteiger partial charge on any atom is -0.331 e. The minimum absolute atomic E-state index is 0.00984. The number of amides is 2. The van der Waals surface area contributed by atoms with Crippen molar-refractivity contribution in [2.24, 2.45) is 0 Å². The van der Waals surface area contributed by atoms with Crippen LogP contribution in [0.5, 0.6) is 0 Å². The van der Waals surface area contributed by atoms with E-state index in [9.17, 15) is 13.6 Å². The number of nitrogens with one attached hydrogen (secondary N) is 1. The van der Waals surface area contributed by atoms with Crippen molar-refractivity contribution >= 4 is 40.4 Å². The Hall–Kier alpha value is -2.57. The van der Waals surface area contributed by atoms with E-state index in [0.29, 0.717) is 30.3 Å². The summed E-state index contributed by atoms with van der Waals surface area (Å²) >= 11 is 2.41. The SMILES string of the molecule is CN(C)C(=O)N1CC=C(c2cc(SNC3(C)CC3)cn3c(-c4nnc(C(F)F)s4)ncc23)CC1. The Morgan fingerprint density at radius 2 is 2.12 bits per heavy atom. The Labute approximate surface area is 204 Å². The van der Waals surface area contributed by atoms with Crippen LogP contribution in [0.15, 0.2) is 29.4 Å². The number of urea groups is 1. The van der Waals surface area contributed by atoms with Crippen LogP contribution < -0.4 is 4.72 Å². The molecular formula is C22H25F2N7OS2. The Morgan fingerprint density at radius 1 is 1.32 bits per heavy atom. The number of imidazole rings is 1. The van der Waals surface area contributed by atoms with Gasteiger partial charge in [0.05, 0.1) is 11.7 Å². The normalized spacial score (nSPS) is 17.4. The molecule has 0 unspecified atom stereocenters. The minimum atomic E-state index is -2.66.